The van der Waals surface area contributed by atoms with Crippen molar-refractivity contribution in [3.63, 3.8) is 0 Å². The van der Waals surface area contributed by atoms with Crippen LogP contribution in [0.4, 0.5) is 5.69 Å². The highest BCUT2D eigenvalue weighted by Crippen LogP contribution is 2.36. The van der Waals surface area contributed by atoms with Crippen LogP contribution >= 0.6 is 11.6 Å². The zero-order chi connectivity index (χ0) is 21.3. The zero-order valence-corrected chi connectivity index (χ0v) is 18.2. The predicted molar refractivity (Wildman–Crippen MR) is 122 cm³/mol. The van der Waals surface area contributed by atoms with Crippen molar-refractivity contribution in [1.29, 1.82) is 0 Å². The summed E-state index contributed by atoms with van der Waals surface area (Å²) in [7, 11) is 3.09. The van der Waals surface area contributed by atoms with E-state index < -0.39 is 0 Å². The Bertz CT molecular complexity index is 865. The molecule has 1 aliphatic heterocycles. The SMILES string of the molecule is COc1cc(/C=C/C(=O)NCCN2CCN(c3ccccc3)CC2)cc(Cl)c1OC. The number of hydrogen-bond donors (Lipinski definition) is 1. The number of anilines is 1. The molecule has 1 N–H and O–H groups in total. The maximum absolute atomic E-state index is 12.1. The van der Waals surface area contributed by atoms with Crippen LogP contribution < -0.4 is 19.7 Å². The molecule has 1 heterocycles. The maximum atomic E-state index is 12.1. The third kappa shape index (κ3) is 5.90. The van der Waals surface area contributed by atoms with Gasteiger partial charge in [-0.2, -0.15) is 0 Å². The van der Waals surface area contributed by atoms with Crippen LogP contribution in [0.3, 0.4) is 0 Å². The van der Waals surface area contributed by atoms with E-state index in [0.717, 1.165) is 38.3 Å². The highest BCUT2D eigenvalue weighted by molar-refractivity contribution is 6.32. The third-order valence-corrected chi connectivity index (χ3v) is 5.38. The first kappa shape index (κ1) is 22.0. The number of carbonyl (C=O) groups is 1. The average molecular weight is 430 g/mol. The quantitative estimate of drug-likeness (QED) is 0.652. The molecule has 0 saturated carbocycles. The number of piperazine rings is 1. The van der Waals surface area contributed by atoms with Gasteiger partial charge in [0.25, 0.3) is 0 Å². The lowest BCUT2D eigenvalue weighted by Gasteiger charge is -2.36. The number of methoxy groups -OCH3 is 2. The van der Waals surface area contributed by atoms with Crippen LogP contribution in [-0.4, -0.2) is 64.3 Å². The van der Waals surface area contributed by atoms with Crippen LogP contribution in [-0.2, 0) is 4.79 Å². The summed E-state index contributed by atoms with van der Waals surface area (Å²) in [5, 5.41) is 3.38. The molecule has 160 valence electrons. The van der Waals surface area contributed by atoms with Gasteiger partial charge in [0, 0.05) is 51.0 Å². The van der Waals surface area contributed by atoms with Crippen LogP contribution in [0.1, 0.15) is 5.56 Å². The van der Waals surface area contributed by atoms with Crippen molar-refractivity contribution in [2.75, 3.05) is 58.4 Å². The molecule has 2 aromatic carbocycles. The van der Waals surface area contributed by atoms with E-state index in [1.807, 2.05) is 6.07 Å². The minimum atomic E-state index is -0.135. The first-order chi connectivity index (χ1) is 14.6. The number of amides is 1. The summed E-state index contributed by atoms with van der Waals surface area (Å²) in [4.78, 5) is 16.9. The first-order valence-corrected chi connectivity index (χ1v) is 10.4. The Hall–Kier alpha value is -2.70. The number of para-hydroxylation sites is 1. The number of nitrogens with one attached hydrogen (secondary N) is 1. The number of ether oxygens (including phenoxy) is 2. The molecule has 6 nitrogen and oxygen atoms in total. The summed E-state index contributed by atoms with van der Waals surface area (Å²) >= 11 is 6.20. The topological polar surface area (TPSA) is 54.0 Å². The summed E-state index contributed by atoms with van der Waals surface area (Å²) in [5.74, 6) is 0.872. The van der Waals surface area contributed by atoms with Crippen molar-refractivity contribution in [2.24, 2.45) is 0 Å². The van der Waals surface area contributed by atoms with Crippen molar-refractivity contribution in [3.8, 4) is 11.5 Å². The van der Waals surface area contributed by atoms with Gasteiger partial charge >= 0.3 is 0 Å². The second-order valence-electron chi connectivity index (χ2n) is 7.03. The molecule has 1 fully saturated rings. The van der Waals surface area contributed by atoms with Crippen molar-refractivity contribution >= 4 is 29.3 Å². The standard InChI is InChI=1S/C23H28ClN3O3/c1-29-21-17-18(16-20(24)23(21)30-2)8-9-22(28)25-10-11-26-12-14-27(15-13-26)19-6-4-3-5-7-19/h3-9,16-17H,10-15H2,1-2H3,(H,25,28)/b9-8+. The molecule has 0 radical (unpaired) electrons. The van der Waals surface area contributed by atoms with E-state index in [9.17, 15) is 4.79 Å². The predicted octanol–water partition coefficient (Wildman–Crippen LogP) is 3.31. The van der Waals surface area contributed by atoms with Gasteiger partial charge in [0.05, 0.1) is 19.2 Å². The van der Waals surface area contributed by atoms with Crippen LogP contribution in [0.5, 0.6) is 11.5 Å². The van der Waals surface area contributed by atoms with Crippen LogP contribution in [0.2, 0.25) is 5.02 Å². The molecular formula is C23H28ClN3O3. The van der Waals surface area contributed by atoms with Gasteiger partial charge in [-0.15, -0.1) is 0 Å². The number of nitrogens with zero attached hydrogens (tertiary/aromatic N) is 2. The van der Waals surface area contributed by atoms with E-state index in [4.69, 9.17) is 21.1 Å². The molecule has 0 bridgehead atoms. The molecule has 1 saturated heterocycles. The van der Waals surface area contributed by atoms with Crippen LogP contribution in [0, 0.1) is 0 Å². The minimum Gasteiger partial charge on any atom is -0.493 e. The van der Waals surface area contributed by atoms with E-state index in [-0.39, 0.29) is 5.91 Å². The Morgan fingerprint density at radius 1 is 1.10 bits per heavy atom. The van der Waals surface area contributed by atoms with E-state index >= 15 is 0 Å². The van der Waals surface area contributed by atoms with Gasteiger partial charge in [-0.3, -0.25) is 9.69 Å². The number of benzene rings is 2. The highest BCUT2D eigenvalue weighted by Gasteiger charge is 2.16. The summed E-state index contributed by atoms with van der Waals surface area (Å²) in [6.45, 7) is 5.43. The van der Waals surface area contributed by atoms with Crippen LogP contribution in [0.15, 0.2) is 48.5 Å². The molecule has 0 aliphatic carbocycles. The monoisotopic (exact) mass is 429 g/mol. The fourth-order valence-electron chi connectivity index (χ4n) is 3.47. The lowest BCUT2D eigenvalue weighted by atomic mass is 10.2. The van der Waals surface area contributed by atoms with E-state index in [1.54, 1.807) is 25.3 Å². The first-order valence-electron chi connectivity index (χ1n) is 10.0. The lowest BCUT2D eigenvalue weighted by molar-refractivity contribution is -0.116. The number of halogens is 1. The van der Waals surface area contributed by atoms with Gasteiger partial charge in [0.15, 0.2) is 11.5 Å². The second kappa shape index (κ2) is 10.9. The van der Waals surface area contributed by atoms with Gasteiger partial charge < -0.3 is 19.7 Å². The Kier molecular flexibility index (Phi) is 7.99. The number of rotatable bonds is 8. The normalized spacial score (nSPS) is 14.7. The molecule has 30 heavy (non-hydrogen) atoms. The summed E-state index contributed by atoms with van der Waals surface area (Å²) in [5.41, 5.74) is 2.04. The highest BCUT2D eigenvalue weighted by atomic mass is 35.5. The van der Waals surface area contributed by atoms with E-state index in [1.165, 1.54) is 18.9 Å². The maximum Gasteiger partial charge on any atom is 0.244 e. The zero-order valence-electron chi connectivity index (χ0n) is 17.4. The van der Waals surface area contributed by atoms with Crippen molar-refractivity contribution in [3.05, 3.63) is 59.1 Å². The van der Waals surface area contributed by atoms with E-state index in [2.05, 4.69) is 39.4 Å². The summed E-state index contributed by atoms with van der Waals surface area (Å²) in [6, 6.07) is 14.0. The molecule has 7 heteroatoms. The molecule has 1 aliphatic rings. The Morgan fingerprint density at radius 3 is 2.50 bits per heavy atom. The molecular weight excluding hydrogens is 402 g/mol. The van der Waals surface area contributed by atoms with Gasteiger partial charge in [-0.25, -0.2) is 0 Å². The third-order valence-electron chi connectivity index (χ3n) is 5.10. The van der Waals surface area contributed by atoms with Gasteiger partial charge in [-0.05, 0) is 35.9 Å². The average Bonchev–Trinajstić information content (AvgIpc) is 2.78. The van der Waals surface area contributed by atoms with Gasteiger partial charge in [0.1, 0.15) is 0 Å². The summed E-state index contributed by atoms with van der Waals surface area (Å²) < 4.78 is 10.5. The largest absolute Gasteiger partial charge is 0.493 e. The van der Waals surface area contributed by atoms with Crippen molar-refractivity contribution in [1.82, 2.24) is 10.2 Å². The molecule has 2 aromatic rings. The lowest BCUT2D eigenvalue weighted by Crippen LogP contribution is -2.48. The molecule has 0 spiro atoms. The van der Waals surface area contributed by atoms with Crippen molar-refractivity contribution in [2.45, 2.75) is 0 Å². The smallest absolute Gasteiger partial charge is 0.244 e. The number of hydrogen-bond acceptors (Lipinski definition) is 5. The van der Waals surface area contributed by atoms with Gasteiger partial charge in [0.2, 0.25) is 5.91 Å². The molecule has 0 aromatic heterocycles. The molecule has 3 rings (SSSR count). The van der Waals surface area contributed by atoms with Crippen LogP contribution in [0.25, 0.3) is 6.08 Å². The second-order valence-corrected chi connectivity index (χ2v) is 7.43. The Labute approximate surface area is 183 Å². The Morgan fingerprint density at radius 2 is 1.83 bits per heavy atom. The van der Waals surface area contributed by atoms with Crippen molar-refractivity contribution < 1.29 is 14.3 Å². The van der Waals surface area contributed by atoms with Gasteiger partial charge in [-0.1, -0.05) is 29.8 Å². The minimum absolute atomic E-state index is 0.135. The molecule has 1 amide bonds. The number of carbonyl (C=O) groups excluding carboxylic acids is 1. The fourth-order valence-corrected chi connectivity index (χ4v) is 3.77. The summed E-state index contributed by atoms with van der Waals surface area (Å²) in [6.07, 6.45) is 3.22. The van der Waals surface area contributed by atoms with E-state index in [0.29, 0.717) is 23.1 Å². The molecule has 0 unspecified atom stereocenters. The molecule has 0 atom stereocenters. The fraction of sp³-hybridized carbons (Fsp3) is 0.348. The Balaban J connectivity index is 1.42.